The third-order valence-corrected chi connectivity index (χ3v) is 2.87. The number of benzene rings is 1. The van der Waals surface area contributed by atoms with E-state index >= 15 is 0 Å². The summed E-state index contributed by atoms with van der Waals surface area (Å²) in [6.07, 6.45) is 0.495. The van der Waals surface area contributed by atoms with Gasteiger partial charge in [-0.25, -0.2) is 4.79 Å². The van der Waals surface area contributed by atoms with Crippen LogP contribution in [0.1, 0.15) is 25.8 Å². The number of amides is 2. The Bertz CT molecular complexity index is 433. The largest absolute Gasteiger partial charge is 0.396 e. The maximum atomic E-state index is 11.8. The zero-order valence-electron chi connectivity index (χ0n) is 10.9. The number of nitrogens with one attached hydrogen (secondary N) is 2. The fourth-order valence-electron chi connectivity index (χ4n) is 1.53. The van der Waals surface area contributed by atoms with Crippen LogP contribution in [0.2, 0.25) is 5.02 Å². The first-order valence-corrected chi connectivity index (χ1v) is 6.18. The summed E-state index contributed by atoms with van der Waals surface area (Å²) < 4.78 is 0. The molecular formula is C13H19ClN2O2. The van der Waals surface area contributed by atoms with E-state index in [9.17, 15) is 4.79 Å². The van der Waals surface area contributed by atoms with Crippen LogP contribution in [0, 0.1) is 6.92 Å². The predicted molar refractivity (Wildman–Crippen MR) is 74.1 cm³/mol. The van der Waals surface area contributed by atoms with Gasteiger partial charge in [0.05, 0.1) is 0 Å². The average Bonchev–Trinajstić information content (AvgIpc) is 2.22. The lowest BCUT2D eigenvalue weighted by Gasteiger charge is -2.25. The number of aliphatic hydroxyl groups excluding tert-OH is 1. The van der Waals surface area contributed by atoms with Gasteiger partial charge < -0.3 is 15.7 Å². The molecule has 0 bridgehead atoms. The van der Waals surface area contributed by atoms with Crippen LogP contribution in [0.15, 0.2) is 18.2 Å². The van der Waals surface area contributed by atoms with Gasteiger partial charge >= 0.3 is 6.03 Å². The lowest BCUT2D eigenvalue weighted by Crippen LogP contribution is -2.46. The SMILES string of the molecule is Cc1ccc(Cl)cc1NC(=O)NC(C)(C)CCO. The quantitative estimate of drug-likeness (QED) is 0.788. The first kappa shape index (κ1) is 14.8. The van der Waals surface area contributed by atoms with Gasteiger partial charge in [-0.1, -0.05) is 17.7 Å². The summed E-state index contributed by atoms with van der Waals surface area (Å²) in [5, 5.41) is 15.0. The smallest absolute Gasteiger partial charge is 0.319 e. The third kappa shape index (κ3) is 4.55. The number of anilines is 1. The van der Waals surface area contributed by atoms with Crippen LogP contribution in [0.25, 0.3) is 0 Å². The van der Waals surface area contributed by atoms with Crippen molar-refractivity contribution in [2.45, 2.75) is 32.7 Å². The van der Waals surface area contributed by atoms with Crippen LogP contribution < -0.4 is 10.6 Å². The number of halogens is 1. The molecule has 1 aromatic rings. The number of rotatable bonds is 4. The molecule has 100 valence electrons. The second-order valence-corrected chi connectivity index (χ2v) is 5.33. The number of carbonyl (C=O) groups is 1. The van der Waals surface area contributed by atoms with Crippen LogP contribution in [-0.4, -0.2) is 23.3 Å². The fourth-order valence-corrected chi connectivity index (χ4v) is 1.70. The fraction of sp³-hybridized carbons (Fsp3) is 0.462. The van der Waals surface area contributed by atoms with Crippen molar-refractivity contribution in [3.05, 3.63) is 28.8 Å². The predicted octanol–water partition coefficient (Wildman–Crippen LogP) is 2.93. The van der Waals surface area contributed by atoms with Gasteiger partial charge in [-0.05, 0) is 44.9 Å². The van der Waals surface area contributed by atoms with Crippen molar-refractivity contribution in [1.29, 1.82) is 0 Å². The molecular weight excluding hydrogens is 252 g/mol. The number of urea groups is 1. The van der Waals surface area contributed by atoms with Gasteiger partial charge in [0.1, 0.15) is 0 Å². The summed E-state index contributed by atoms with van der Waals surface area (Å²) in [4.78, 5) is 11.8. The number of carbonyl (C=O) groups excluding carboxylic acids is 1. The van der Waals surface area contributed by atoms with E-state index in [0.29, 0.717) is 17.1 Å². The van der Waals surface area contributed by atoms with Crippen LogP contribution in [0.4, 0.5) is 10.5 Å². The summed E-state index contributed by atoms with van der Waals surface area (Å²) in [5.41, 5.74) is 1.17. The molecule has 18 heavy (non-hydrogen) atoms. The van der Waals surface area contributed by atoms with Gasteiger partial charge in [0, 0.05) is 22.9 Å². The van der Waals surface area contributed by atoms with E-state index in [2.05, 4.69) is 10.6 Å². The maximum Gasteiger partial charge on any atom is 0.319 e. The zero-order chi connectivity index (χ0) is 13.8. The van der Waals surface area contributed by atoms with Crippen molar-refractivity contribution in [3.8, 4) is 0 Å². The second kappa shape index (κ2) is 6.07. The minimum atomic E-state index is -0.453. The maximum absolute atomic E-state index is 11.8. The van der Waals surface area contributed by atoms with Crippen LogP contribution in [-0.2, 0) is 0 Å². The Balaban J connectivity index is 2.67. The molecule has 0 radical (unpaired) electrons. The molecule has 1 aromatic carbocycles. The number of aryl methyl sites for hydroxylation is 1. The Hall–Kier alpha value is -1.26. The molecule has 0 spiro atoms. The van der Waals surface area contributed by atoms with Crippen LogP contribution in [0.3, 0.4) is 0 Å². The highest BCUT2D eigenvalue weighted by Gasteiger charge is 2.19. The van der Waals surface area contributed by atoms with Gasteiger partial charge in [0.25, 0.3) is 0 Å². The molecule has 0 aliphatic heterocycles. The molecule has 3 N–H and O–H groups in total. The molecule has 1 rings (SSSR count). The third-order valence-electron chi connectivity index (χ3n) is 2.64. The number of hydrogen-bond acceptors (Lipinski definition) is 2. The van der Waals surface area contributed by atoms with Crippen molar-refractivity contribution in [2.24, 2.45) is 0 Å². The molecule has 0 heterocycles. The topological polar surface area (TPSA) is 61.4 Å². The summed E-state index contributed by atoms with van der Waals surface area (Å²) in [6.45, 7) is 5.63. The summed E-state index contributed by atoms with van der Waals surface area (Å²) in [5.74, 6) is 0. The Labute approximate surface area is 112 Å². The molecule has 0 aliphatic carbocycles. The summed E-state index contributed by atoms with van der Waals surface area (Å²) in [7, 11) is 0. The van der Waals surface area contributed by atoms with Crippen molar-refractivity contribution in [3.63, 3.8) is 0 Å². The van der Waals surface area contributed by atoms with E-state index < -0.39 is 5.54 Å². The van der Waals surface area contributed by atoms with E-state index in [4.69, 9.17) is 16.7 Å². The van der Waals surface area contributed by atoms with E-state index in [-0.39, 0.29) is 12.6 Å². The molecule has 0 aliphatic rings. The normalized spacial score (nSPS) is 11.2. The van der Waals surface area contributed by atoms with E-state index in [1.165, 1.54) is 0 Å². The molecule has 0 unspecified atom stereocenters. The minimum Gasteiger partial charge on any atom is -0.396 e. The average molecular weight is 271 g/mol. The van der Waals surface area contributed by atoms with Gasteiger partial charge in [0.15, 0.2) is 0 Å². The lowest BCUT2D eigenvalue weighted by atomic mass is 10.0. The van der Waals surface area contributed by atoms with Crippen molar-refractivity contribution in [1.82, 2.24) is 5.32 Å². The van der Waals surface area contributed by atoms with Gasteiger partial charge in [-0.15, -0.1) is 0 Å². The molecule has 0 aromatic heterocycles. The van der Waals surface area contributed by atoms with E-state index in [0.717, 1.165) is 5.56 Å². The Morgan fingerprint density at radius 3 is 2.72 bits per heavy atom. The first-order valence-electron chi connectivity index (χ1n) is 5.80. The molecule has 2 amide bonds. The highest BCUT2D eigenvalue weighted by Crippen LogP contribution is 2.20. The highest BCUT2D eigenvalue weighted by atomic mass is 35.5. The minimum absolute atomic E-state index is 0.0312. The molecule has 4 nitrogen and oxygen atoms in total. The van der Waals surface area contributed by atoms with Gasteiger partial charge in [0.2, 0.25) is 0 Å². The Kier molecular flexibility index (Phi) is 4.99. The van der Waals surface area contributed by atoms with Crippen LogP contribution >= 0.6 is 11.6 Å². The molecule has 5 heteroatoms. The van der Waals surface area contributed by atoms with Gasteiger partial charge in [-0.3, -0.25) is 0 Å². The highest BCUT2D eigenvalue weighted by molar-refractivity contribution is 6.31. The zero-order valence-corrected chi connectivity index (χ0v) is 11.6. The Morgan fingerprint density at radius 1 is 1.44 bits per heavy atom. The molecule has 0 saturated carbocycles. The van der Waals surface area contributed by atoms with Crippen molar-refractivity contribution in [2.75, 3.05) is 11.9 Å². The molecule has 0 saturated heterocycles. The van der Waals surface area contributed by atoms with E-state index in [1.54, 1.807) is 12.1 Å². The lowest BCUT2D eigenvalue weighted by molar-refractivity contribution is 0.218. The van der Waals surface area contributed by atoms with Crippen molar-refractivity contribution < 1.29 is 9.90 Å². The van der Waals surface area contributed by atoms with E-state index in [1.807, 2.05) is 26.8 Å². The van der Waals surface area contributed by atoms with Crippen LogP contribution in [0.5, 0.6) is 0 Å². The number of aliphatic hydroxyl groups is 1. The van der Waals surface area contributed by atoms with Gasteiger partial charge in [-0.2, -0.15) is 0 Å². The molecule has 0 atom stereocenters. The number of hydrogen-bond donors (Lipinski definition) is 3. The first-order chi connectivity index (χ1) is 8.34. The molecule has 0 fully saturated rings. The second-order valence-electron chi connectivity index (χ2n) is 4.90. The summed E-state index contributed by atoms with van der Waals surface area (Å²) in [6, 6.07) is 5.01. The monoisotopic (exact) mass is 270 g/mol. The van der Waals surface area contributed by atoms with Crippen molar-refractivity contribution >= 4 is 23.3 Å². The summed E-state index contributed by atoms with van der Waals surface area (Å²) >= 11 is 5.88. The Morgan fingerprint density at radius 2 is 2.11 bits per heavy atom. The standard InChI is InChI=1S/C13H19ClN2O2/c1-9-4-5-10(14)8-11(9)15-12(18)16-13(2,3)6-7-17/h4-5,8,17H,6-7H2,1-3H3,(H2,15,16,18).